The smallest absolute Gasteiger partial charge is 0.337 e. The summed E-state index contributed by atoms with van der Waals surface area (Å²) < 4.78 is 4.72. The molecule has 24 heavy (non-hydrogen) atoms. The number of aromatic nitrogens is 3. The van der Waals surface area contributed by atoms with Crippen LogP contribution in [-0.4, -0.2) is 41.3 Å². The molecule has 1 aliphatic rings. The first kappa shape index (κ1) is 16.4. The van der Waals surface area contributed by atoms with Crippen molar-refractivity contribution in [3.63, 3.8) is 0 Å². The van der Waals surface area contributed by atoms with Crippen LogP contribution in [0.2, 0.25) is 5.02 Å². The van der Waals surface area contributed by atoms with Crippen molar-refractivity contribution >= 4 is 35.0 Å². The SMILES string of the molecule is COC(=O)c1ccc(Cl)c(Nc2nncc(N3CCCCC3)n2)c1. The third kappa shape index (κ3) is 3.73. The van der Waals surface area contributed by atoms with Gasteiger partial charge < -0.3 is 15.0 Å². The van der Waals surface area contributed by atoms with E-state index in [-0.39, 0.29) is 0 Å². The Morgan fingerprint density at radius 1 is 1.29 bits per heavy atom. The quantitative estimate of drug-likeness (QED) is 0.851. The lowest BCUT2D eigenvalue weighted by Gasteiger charge is -2.27. The molecule has 0 saturated carbocycles. The average molecular weight is 348 g/mol. The van der Waals surface area contributed by atoms with Gasteiger partial charge in [-0.15, -0.1) is 5.10 Å². The summed E-state index contributed by atoms with van der Waals surface area (Å²) in [7, 11) is 1.33. The molecular weight excluding hydrogens is 330 g/mol. The molecule has 0 spiro atoms. The monoisotopic (exact) mass is 347 g/mol. The fourth-order valence-electron chi connectivity index (χ4n) is 2.61. The molecule has 126 valence electrons. The van der Waals surface area contributed by atoms with Gasteiger partial charge in [-0.3, -0.25) is 0 Å². The molecule has 2 heterocycles. The van der Waals surface area contributed by atoms with E-state index in [9.17, 15) is 4.79 Å². The molecule has 1 aromatic carbocycles. The minimum Gasteiger partial charge on any atom is -0.465 e. The van der Waals surface area contributed by atoms with Crippen molar-refractivity contribution in [3.05, 3.63) is 35.0 Å². The zero-order chi connectivity index (χ0) is 16.9. The van der Waals surface area contributed by atoms with Crippen LogP contribution in [0.5, 0.6) is 0 Å². The molecule has 0 unspecified atom stereocenters. The largest absolute Gasteiger partial charge is 0.465 e. The van der Waals surface area contributed by atoms with Gasteiger partial charge >= 0.3 is 5.97 Å². The predicted molar refractivity (Wildman–Crippen MR) is 92.0 cm³/mol. The zero-order valence-corrected chi connectivity index (χ0v) is 14.1. The Morgan fingerprint density at radius 3 is 2.83 bits per heavy atom. The first-order chi connectivity index (χ1) is 11.7. The maximum atomic E-state index is 11.6. The van der Waals surface area contributed by atoms with Gasteiger partial charge in [0.25, 0.3) is 0 Å². The van der Waals surface area contributed by atoms with Crippen molar-refractivity contribution < 1.29 is 9.53 Å². The van der Waals surface area contributed by atoms with Crippen LogP contribution in [0.3, 0.4) is 0 Å². The number of piperidine rings is 1. The van der Waals surface area contributed by atoms with Crippen molar-refractivity contribution in [3.8, 4) is 0 Å². The van der Waals surface area contributed by atoms with Gasteiger partial charge in [-0.2, -0.15) is 10.1 Å². The maximum absolute atomic E-state index is 11.6. The number of hydrogen-bond donors (Lipinski definition) is 1. The lowest BCUT2D eigenvalue weighted by Crippen LogP contribution is -2.30. The molecule has 0 atom stereocenters. The van der Waals surface area contributed by atoms with Crippen molar-refractivity contribution in [1.82, 2.24) is 15.2 Å². The molecule has 1 fully saturated rings. The minimum atomic E-state index is -0.434. The van der Waals surface area contributed by atoms with Gasteiger partial charge in [-0.05, 0) is 37.5 Å². The Bertz CT molecular complexity index is 734. The Hall–Kier alpha value is -2.41. The number of halogens is 1. The molecule has 0 amide bonds. The highest BCUT2D eigenvalue weighted by Gasteiger charge is 2.14. The first-order valence-electron chi connectivity index (χ1n) is 7.77. The number of carbonyl (C=O) groups is 1. The molecule has 3 rings (SSSR count). The summed E-state index contributed by atoms with van der Waals surface area (Å²) in [4.78, 5) is 18.3. The van der Waals surface area contributed by atoms with E-state index < -0.39 is 5.97 Å². The Balaban J connectivity index is 1.82. The molecule has 8 heteroatoms. The second kappa shape index (κ2) is 7.44. The van der Waals surface area contributed by atoms with Crippen LogP contribution in [0.15, 0.2) is 24.4 Å². The van der Waals surface area contributed by atoms with Crippen LogP contribution >= 0.6 is 11.6 Å². The van der Waals surface area contributed by atoms with Crippen LogP contribution in [0.4, 0.5) is 17.5 Å². The lowest BCUT2D eigenvalue weighted by atomic mass is 10.1. The molecule has 0 bridgehead atoms. The second-order valence-corrected chi connectivity index (χ2v) is 5.90. The van der Waals surface area contributed by atoms with Crippen LogP contribution in [0.1, 0.15) is 29.6 Å². The highest BCUT2D eigenvalue weighted by molar-refractivity contribution is 6.33. The summed E-state index contributed by atoms with van der Waals surface area (Å²) in [5.41, 5.74) is 0.918. The number of nitrogens with zero attached hydrogens (tertiary/aromatic N) is 4. The van der Waals surface area contributed by atoms with Gasteiger partial charge in [-0.25, -0.2) is 4.79 Å². The first-order valence-corrected chi connectivity index (χ1v) is 8.15. The molecule has 0 aliphatic carbocycles. The molecule has 1 N–H and O–H groups in total. The number of rotatable bonds is 4. The number of esters is 1. The summed E-state index contributed by atoms with van der Waals surface area (Å²) in [6, 6.07) is 4.83. The topological polar surface area (TPSA) is 80.2 Å². The third-order valence-corrected chi connectivity index (χ3v) is 4.19. The van der Waals surface area contributed by atoms with Gasteiger partial charge in [0.2, 0.25) is 5.95 Å². The molecule has 7 nitrogen and oxygen atoms in total. The predicted octanol–water partition coefficient (Wildman–Crippen LogP) is 3.05. The van der Waals surface area contributed by atoms with E-state index >= 15 is 0 Å². The van der Waals surface area contributed by atoms with Crippen LogP contribution in [0.25, 0.3) is 0 Å². The molecule has 1 aliphatic heterocycles. The van der Waals surface area contributed by atoms with Crippen LogP contribution in [0, 0.1) is 0 Å². The van der Waals surface area contributed by atoms with Crippen molar-refractivity contribution in [2.45, 2.75) is 19.3 Å². The lowest BCUT2D eigenvalue weighted by molar-refractivity contribution is 0.0601. The highest BCUT2D eigenvalue weighted by atomic mass is 35.5. The second-order valence-electron chi connectivity index (χ2n) is 5.50. The summed E-state index contributed by atoms with van der Waals surface area (Å²) in [5, 5.41) is 11.5. The van der Waals surface area contributed by atoms with Crippen molar-refractivity contribution in [2.75, 3.05) is 30.4 Å². The fraction of sp³-hybridized carbons (Fsp3) is 0.375. The number of anilines is 3. The number of carbonyl (C=O) groups excluding carboxylic acids is 1. The Labute approximate surface area is 145 Å². The Kier molecular flexibility index (Phi) is 5.10. The maximum Gasteiger partial charge on any atom is 0.337 e. The van der Waals surface area contributed by atoms with Gasteiger partial charge in [0.05, 0.1) is 29.6 Å². The normalized spacial score (nSPS) is 14.3. The number of hydrogen-bond acceptors (Lipinski definition) is 7. The van der Waals surface area contributed by atoms with E-state index in [1.807, 2.05) is 0 Å². The number of methoxy groups -OCH3 is 1. The van der Waals surface area contributed by atoms with Crippen LogP contribution < -0.4 is 10.2 Å². The number of nitrogens with one attached hydrogen (secondary N) is 1. The van der Waals surface area contributed by atoms with Gasteiger partial charge in [0.1, 0.15) is 0 Å². The van der Waals surface area contributed by atoms with Gasteiger partial charge in [-0.1, -0.05) is 11.6 Å². The molecular formula is C16H18ClN5O2. The fourth-order valence-corrected chi connectivity index (χ4v) is 2.77. The third-order valence-electron chi connectivity index (χ3n) is 3.86. The molecule has 0 radical (unpaired) electrons. The van der Waals surface area contributed by atoms with Gasteiger partial charge in [0, 0.05) is 13.1 Å². The van der Waals surface area contributed by atoms with E-state index in [4.69, 9.17) is 16.3 Å². The molecule has 2 aromatic rings. The van der Waals surface area contributed by atoms with E-state index in [0.717, 1.165) is 31.7 Å². The number of benzene rings is 1. The average Bonchev–Trinajstić information content (AvgIpc) is 2.64. The van der Waals surface area contributed by atoms with Crippen molar-refractivity contribution in [1.29, 1.82) is 0 Å². The Morgan fingerprint density at radius 2 is 2.08 bits per heavy atom. The number of ether oxygens (including phenoxy) is 1. The summed E-state index contributed by atoms with van der Waals surface area (Å²) >= 11 is 6.18. The molecule has 1 aromatic heterocycles. The minimum absolute atomic E-state index is 0.335. The summed E-state index contributed by atoms with van der Waals surface area (Å²) in [6.07, 6.45) is 5.21. The summed E-state index contributed by atoms with van der Waals surface area (Å²) in [6.45, 7) is 1.94. The highest BCUT2D eigenvalue weighted by Crippen LogP contribution is 2.26. The van der Waals surface area contributed by atoms with E-state index in [1.165, 1.54) is 13.5 Å². The standard InChI is InChI=1S/C16H18ClN5O2/c1-24-15(23)11-5-6-12(17)13(9-11)19-16-20-14(10-18-21-16)22-7-3-2-4-8-22/h5-6,9-10H,2-4,7-8H2,1H3,(H,19,20,21). The van der Waals surface area contributed by atoms with Crippen LogP contribution in [-0.2, 0) is 4.74 Å². The summed E-state index contributed by atoms with van der Waals surface area (Å²) in [5.74, 6) is 0.685. The van der Waals surface area contributed by atoms with E-state index in [0.29, 0.717) is 22.2 Å². The van der Waals surface area contributed by atoms with E-state index in [1.54, 1.807) is 24.4 Å². The van der Waals surface area contributed by atoms with Gasteiger partial charge in [0.15, 0.2) is 5.82 Å². The van der Waals surface area contributed by atoms with Crippen molar-refractivity contribution in [2.24, 2.45) is 0 Å². The van der Waals surface area contributed by atoms with E-state index in [2.05, 4.69) is 25.4 Å². The zero-order valence-electron chi connectivity index (χ0n) is 13.3. The molecule has 1 saturated heterocycles.